The molecule has 5 nitrogen and oxygen atoms in total. The molecule has 0 spiro atoms. The summed E-state index contributed by atoms with van der Waals surface area (Å²) in [7, 11) is -5.75. The highest BCUT2D eigenvalue weighted by Gasteiger charge is 2.40. The molecule has 0 amide bonds. The Morgan fingerprint density at radius 3 is 2.39 bits per heavy atom. The minimum absolute atomic E-state index is 0.0135. The summed E-state index contributed by atoms with van der Waals surface area (Å²) < 4.78 is 34.5. The van der Waals surface area contributed by atoms with Crippen LogP contribution in [-0.4, -0.2) is 33.4 Å². The molecule has 1 fully saturated rings. The zero-order chi connectivity index (χ0) is 26.3. The Labute approximate surface area is 217 Å². The maximum absolute atomic E-state index is 13.5. The molecule has 0 bridgehead atoms. The molecule has 1 aliphatic heterocycles. The molecular weight excluding hydrogens is 486 g/mol. The molecule has 2 aliphatic rings. The van der Waals surface area contributed by atoms with Crippen LogP contribution in [-0.2, 0) is 10.0 Å². The fourth-order valence-corrected chi connectivity index (χ4v) is 6.88. The first-order valence-corrected chi connectivity index (χ1v) is 17.0. The molecule has 0 N–H and O–H groups in total. The van der Waals surface area contributed by atoms with Gasteiger partial charge in [-0.3, -0.25) is 9.10 Å². The van der Waals surface area contributed by atoms with Crippen molar-refractivity contribution in [2.75, 3.05) is 6.54 Å². The Hall–Kier alpha value is -2.64. The summed E-state index contributed by atoms with van der Waals surface area (Å²) in [4.78, 5) is 13.8. The second-order valence-electron chi connectivity index (χ2n) is 11.4. The lowest BCUT2D eigenvalue weighted by Gasteiger charge is -2.36. The van der Waals surface area contributed by atoms with Crippen molar-refractivity contribution < 1.29 is 17.6 Å². The van der Waals surface area contributed by atoms with Gasteiger partial charge in [0.15, 0.2) is 5.78 Å². The Bertz CT molecular complexity index is 1320. The van der Waals surface area contributed by atoms with E-state index in [2.05, 4.69) is 33.9 Å². The molecule has 1 aliphatic carbocycles. The van der Waals surface area contributed by atoms with Gasteiger partial charge in [-0.15, -0.1) is 0 Å². The van der Waals surface area contributed by atoms with Crippen molar-refractivity contribution >= 4 is 24.1 Å². The van der Waals surface area contributed by atoms with Crippen molar-refractivity contribution in [3.05, 3.63) is 83.1 Å². The Balaban J connectivity index is 1.63. The Morgan fingerprint density at radius 1 is 1.06 bits per heavy atom. The zero-order valence-corrected chi connectivity index (χ0v) is 24.0. The maximum Gasteiger partial charge on any atom is 0.263 e. The average molecular weight is 524 g/mol. The number of ketones is 1. The molecule has 1 heterocycles. The van der Waals surface area contributed by atoms with E-state index >= 15 is 0 Å². The van der Waals surface area contributed by atoms with Gasteiger partial charge in [0.2, 0.25) is 0 Å². The molecule has 2 aromatic carbocycles. The average Bonchev–Trinajstić information content (AvgIpc) is 3.20. The molecule has 1 atom stereocenters. The standard InChI is InChI=1S/C29H37NO4SSi/c1-21-11-15-24(16-12-21)35(32,33)30-18-17-22-13-14-23(26(22)20-30)19-27(31)25-9-7-8-10-28(25)34-36(5,6)29(2,3)4/h7-12,15-16,19-20,22H,13-14,17-18H2,1-6H3/b23-19+. The van der Waals surface area contributed by atoms with Crippen LogP contribution in [0.25, 0.3) is 0 Å². The van der Waals surface area contributed by atoms with Crippen LogP contribution in [0.4, 0.5) is 0 Å². The lowest BCUT2D eigenvalue weighted by Crippen LogP contribution is -2.44. The largest absolute Gasteiger partial charge is 0.543 e. The number of carbonyl (C=O) groups is 1. The second-order valence-corrected chi connectivity index (χ2v) is 18.0. The first-order chi connectivity index (χ1) is 16.8. The summed E-state index contributed by atoms with van der Waals surface area (Å²) in [5.41, 5.74) is 3.46. The molecule has 1 unspecified atom stereocenters. The number of aryl methyl sites for hydroxylation is 1. The fraction of sp³-hybridized carbons (Fsp3) is 0.414. The van der Waals surface area contributed by atoms with Crippen LogP contribution in [0.5, 0.6) is 5.75 Å². The quantitative estimate of drug-likeness (QED) is 0.235. The minimum atomic E-state index is -3.63. The summed E-state index contributed by atoms with van der Waals surface area (Å²) >= 11 is 0. The summed E-state index contributed by atoms with van der Waals surface area (Å²) in [5, 5.41) is 0.0135. The van der Waals surface area contributed by atoms with Gasteiger partial charge in [-0.2, -0.15) is 0 Å². The number of hydrogen-bond acceptors (Lipinski definition) is 4. The first-order valence-electron chi connectivity index (χ1n) is 12.6. The van der Waals surface area contributed by atoms with E-state index in [0.717, 1.165) is 36.0 Å². The van der Waals surface area contributed by atoms with E-state index in [4.69, 9.17) is 4.43 Å². The van der Waals surface area contributed by atoms with Gasteiger partial charge in [0.1, 0.15) is 5.75 Å². The van der Waals surface area contributed by atoms with Crippen LogP contribution in [0.2, 0.25) is 18.1 Å². The van der Waals surface area contributed by atoms with Gasteiger partial charge in [-0.25, -0.2) is 8.42 Å². The van der Waals surface area contributed by atoms with Crippen molar-refractivity contribution in [1.29, 1.82) is 0 Å². The van der Waals surface area contributed by atoms with Gasteiger partial charge in [-0.1, -0.05) is 50.6 Å². The third-order valence-corrected chi connectivity index (χ3v) is 13.9. The number of rotatable bonds is 6. The Morgan fingerprint density at radius 2 is 1.72 bits per heavy atom. The molecule has 0 saturated heterocycles. The molecule has 7 heteroatoms. The Kier molecular flexibility index (Phi) is 7.10. The number of fused-ring (bicyclic) bond motifs is 1. The number of nitrogens with zero attached hydrogens (tertiary/aromatic N) is 1. The van der Waals surface area contributed by atoms with Gasteiger partial charge >= 0.3 is 0 Å². The van der Waals surface area contributed by atoms with E-state index in [1.165, 1.54) is 4.31 Å². The SMILES string of the molecule is Cc1ccc(S(=O)(=O)N2C=C3/C(=C/C(=O)c4ccccc4O[Si](C)(C)C(C)(C)C)CCC3CC2)cc1. The van der Waals surface area contributed by atoms with E-state index < -0.39 is 18.3 Å². The van der Waals surface area contributed by atoms with Gasteiger partial charge in [0.25, 0.3) is 18.3 Å². The van der Waals surface area contributed by atoms with Gasteiger partial charge < -0.3 is 4.43 Å². The highest BCUT2D eigenvalue weighted by atomic mass is 32.2. The smallest absolute Gasteiger partial charge is 0.263 e. The molecule has 4 rings (SSSR count). The number of carbonyl (C=O) groups excluding carboxylic acids is 1. The number of sulfonamides is 1. The highest BCUT2D eigenvalue weighted by molar-refractivity contribution is 7.89. The van der Waals surface area contributed by atoms with Gasteiger partial charge in [0, 0.05) is 12.7 Å². The monoisotopic (exact) mass is 523 g/mol. The van der Waals surface area contributed by atoms with Crippen LogP contribution in [0.1, 0.15) is 56.0 Å². The maximum atomic E-state index is 13.5. The molecule has 36 heavy (non-hydrogen) atoms. The van der Waals surface area contributed by atoms with Crippen molar-refractivity contribution in [1.82, 2.24) is 4.31 Å². The van der Waals surface area contributed by atoms with Crippen molar-refractivity contribution in [3.63, 3.8) is 0 Å². The summed E-state index contributed by atoms with van der Waals surface area (Å²) in [5.74, 6) is 0.813. The van der Waals surface area contributed by atoms with Crippen LogP contribution >= 0.6 is 0 Å². The predicted molar refractivity (Wildman–Crippen MR) is 147 cm³/mol. The summed E-state index contributed by atoms with van der Waals surface area (Å²) in [6.07, 6.45) is 5.92. The highest BCUT2D eigenvalue weighted by Crippen LogP contribution is 2.42. The molecule has 192 valence electrons. The van der Waals surface area contributed by atoms with E-state index in [9.17, 15) is 13.2 Å². The topological polar surface area (TPSA) is 63.7 Å². The molecule has 0 aromatic heterocycles. The van der Waals surface area contributed by atoms with E-state index in [1.807, 2.05) is 43.3 Å². The number of benzene rings is 2. The van der Waals surface area contributed by atoms with Crippen molar-refractivity contribution in [2.24, 2.45) is 5.92 Å². The molecular formula is C29H37NO4SSi. The van der Waals surface area contributed by atoms with Gasteiger partial charge in [-0.05, 0) is 91.7 Å². The third-order valence-electron chi connectivity index (χ3n) is 7.81. The number of hydrogen-bond donors (Lipinski definition) is 0. The van der Waals surface area contributed by atoms with Crippen LogP contribution in [0.3, 0.4) is 0 Å². The minimum Gasteiger partial charge on any atom is -0.543 e. The first kappa shape index (κ1) is 26.4. The predicted octanol–water partition coefficient (Wildman–Crippen LogP) is 6.88. The zero-order valence-electron chi connectivity index (χ0n) is 22.2. The summed E-state index contributed by atoms with van der Waals surface area (Å²) in [6, 6.07) is 14.4. The van der Waals surface area contributed by atoms with E-state index in [1.54, 1.807) is 24.4 Å². The number of para-hydroxylation sites is 1. The van der Waals surface area contributed by atoms with E-state index in [-0.39, 0.29) is 16.7 Å². The van der Waals surface area contributed by atoms with E-state index in [0.29, 0.717) is 22.8 Å². The van der Waals surface area contributed by atoms with Crippen LogP contribution in [0, 0.1) is 12.8 Å². The lowest BCUT2D eigenvalue weighted by molar-refractivity contribution is 0.104. The molecule has 2 aromatic rings. The van der Waals surface area contributed by atoms with Gasteiger partial charge in [0.05, 0.1) is 10.5 Å². The summed E-state index contributed by atoms with van der Waals surface area (Å²) in [6.45, 7) is 13.3. The van der Waals surface area contributed by atoms with Crippen LogP contribution in [0.15, 0.2) is 76.8 Å². The van der Waals surface area contributed by atoms with Crippen LogP contribution < -0.4 is 4.43 Å². The lowest BCUT2D eigenvalue weighted by atomic mass is 9.95. The molecule has 0 radical (unpaired) electrons. The number of allylic oxidation sites excluding steroid dienone is 3. The normalized spacial score (nSPS) is 19.7. The van der Waals surface area contributed by atoms with Crippen molar-refractivity contribution in [3.8, 4) is 5.75 Å². The van der Waals surface area contributed by atoms with Crippen molar-refractivity contribution in [2.45, 2.75) is 70.0 Å². The third kappa shape index (κ3) is 5.23. The second kappa shape index (κ2) is 9.67. The fourth-order valence-electron chi connectivity index (χ4n) is 4.50. The molecule has 1 saturated carbocycles.